The predicted octanol–water partition coefficient (Wildman–Crippen LogP) is 4.95. The molecule has 3 unspecified atom stereocenters. The molecular formula is C22H24ClFN2O3. The summed E-state index contributed by atoms with van der Waals surface area (Å²) in [6, 6.07) is 9.91. The standard InChI is InChI=1S/C22H24ClFN2O3/c1-4-13(3)29-21-20(22(27)28-5-2)26-19(15-8-6-7-9-17(15)24)16-12-14(23)10-11-18(16)25-21/h6-13,19-20,26H,4-5H2,1-3H3. The number of benzene rings is 2. The van der Waals surface area contributed by atoms with Crippen LogP contribution >= 0.6 is 11.6 Å². The van der Waals surface area contributed by atoms with Crippen molar-refractivity contribution in [3.05, 3.63) is 64.4 Å². The van der Waals surface area contributed by atoms with Gasteiger partial charge in [0.2, 0.25) is 5.90 Å². The number of fused-ring (bicyclic) bond motifs is 1. The van der Waals surface area contributed by atoms with Crippen LogP contribution in [0, 0.1) is 5.82 Å². The van der Waals surface area contributed by atoms with Gasteiger partial charge in [-0.1, -0.05) is 36.7 Å². The average molecular weight is 419 g/mol. The fourth-order valence-electron chi connectivity index (χ4n) is 3.11. The molecule has 0 amide bonds. The SMILES string of the molecule is CCOC(=O)C1NC(c2ccccc2F)c2cc(Cl)ccc2N=C1OC(C)CC. The summed E-state index contributed by atoms with van der Waals surface area (Å²) in [7, 11) is 0. The summed E-state index contributed by atoms with van der Waals surface area (Å²) < 4.78 is 25.9. The first-order chi connectivity index (χ1) is 13.9. The zero-order valence-electron chi connectivity index (χ0n) is 16.6. The van der Waals surface area contributed by atoms with Gasteiger partial charge in [0.25, 0.3) is 0 Å². The van der Waals surface area contributed by atoms with Gasteiger partial charge in [-0.15, -0.1) is 0 Å². The monoisotopic (exact) mass is 418 g/mol. The summed E-state index contributed by atoms with van der Waals surface area (Å²) >= 11 is 6.22. The maximum Gasteiger partial charge on any atom is 0.332 e. The van der Waals surface area contributed by atoms with Crippen LogP contribution in [0.5, 0.6) is 0 Å². The summed E-state index contributed by atoms with van der Waals surface area (Å²) in [6.07, 6.45) is 0.576. The van der Waals surface area contributed by atoms with Crippen LogP contribution in [-0.2, 0) is 14.3 Å². The molecule has 2 aromatic rings. The van der Waals surface area contributed by atoms with E-state index in [1.807, 2.05) is 13.8 Å². The average Bonchev–Trinajstić information content (AvgIpc) is 2.85. The number of ether oxygens (including phenoxy) is 2. The molecule has 29 heavy (non-hydrogen) atoms. The third kappa shape index (κ3) is 4.77. The van der Waals surface area contributed by atoms with Gasteiger partial charge in [0, 0.05) is 16.1 Å². The van der Waals surface area contributed by atoms with E-state index in [0.29, 0.717) is 21.8 Å². The van der Waals surface area contributed by atoms with E-state index in [-0.39, 0.29) is 18.6 Å². The van der Waals surface area contributed by atoms with Crippen molar-refractivity contribution >= 4 is 29.2 Å². The minimum Gasteiger partial charge on any atom is -0.476 e. The van der Waals surface area contributed by atoms with E-state index in [1.54, 1.807) is 43.3 Å². The molecular weight excluding hydrogens is 395 g/mol. The second-order valence-electron chi connectivity index (χ2n) is 6.80. The smallest absolute Gasteiger partial charge is 0.332 e. The second kappa shape index (κ2) is 9.37. The number of esters is 1. The minimum atomic E-state index is -0.986. The number of halogens is 2. The van der Waals surface area contributed by atoms with E-state index < -0.39 is 23.9 Å². The highest BCUT2D eigenvalue weighted by atomic mass is 35.5. The normalized spacial score (nSPS) is 19.6. The van der Waals surface area contributed by atoms with Gasteiger partial charge >= 0.3 is 5.97 Å². The van der Waals surface area contributed by atoms with Crippen LogP contribution < -0.4 is 5.32 Å². The van der Waals surface area contributed by atoms with Crippen molar-refractivity contribution in [2.75, 3.05) is 6.61 Å². The molecule has 1 N–H and O–H groups in total. The molecule has 1 heterocycles. The van der Waals surface area contributed by atoms with Crippen molar-refractivity contribution in [3.63, 3.8) is 0 Å². The second-order valence-corrected chi connectivity index (χ2v) is 7.23. The molecule has 5 nitrogen and oxygen atoms in total. The maximum atomic E-state index is 14.7. The quantitative estimate of drug-likeness (QED) is 0.698. The number of hydrogen-bond donors (Lipinski definition) is 1. The van der Waals surface area contributed by atoms with Gasteiger partial charge in [0.05, 0.1) is 24.4 Å². The molecule has 7 heteroatoms. The first kappa shape index (κ1) is 21.3. The van der Waals surface area contributed by atoms with Crippen LogP contribution in [0.2, 0.25) is 5.02 Å². The summed E-state index contributed by atoms with van der Waals surface area (Å²) in [5.41, 5.74) is 1.59. The Morgan fingerprint density at radius 3 is 2.69 bits per heavy atom. The van der Waals surface area contributed by atoms with Crippen LogP contribution in [0.1, 0.15) is 44.4 Å². The van der Waals surface area contributed by atoms with Crippen LogP contribution in [0.4, 0.5) is 10.1 Å². The number of carbonyl (C=O) groups excluding carboxylic acids is 1. The molecule has 0 fully saturated rings. The summed E-state index contributed by atoms with van der Waals surface area (Å²) in [4.78, 5) is 17.4. The lowest BCUT2D eigenvalue weighted by Crippen LogP contribution is -2.47. The number of aliphatic imine (C=N–C) groups is 1. The van der Waals surface area contributed by atoms with E-state index >= 15 is 0 Å². The van der Waals surface area contributed by atoms with Gasteiger partial charge in [-0.3, -0.25) is 5.32 Å². The molecule has 3 atom stereocenters. The lowest BCUT2D eigenvalue weighted by Gasteiger charge is -2.25. The van der Waals surface area contributed by atoms with E-state index in [2.05, 4.69) is 10.3 Å². The molecule has 154 valence electrons. The first-order valence-electron chi connectivity index (χ1n) is 9.66. The highest BCUT2D eigenvalue weighted by Crippen LogP contribution is 2.36. The zero-order chi connectivity index (χ0) is 21.0. The first-order valence-corrected chi connectivity index (χ1v) is 10.0. The molecule has 0 spiro atoms. The van der Waals surface area contributed by atoms with Crippen LogP contribution in [0.3, 0.4) is 0 Å². The largest absolute Gasteiger partial charge is 0.476 e. The van der Waals surface area contributed by atoms with E-state index in [9.17, 15) is 9.18 Å². The lowest BCUT2D eigenvalue weighted by molar-refractivity contribution is -0.144. The molecule has 0 radical (unpaired) electrons. The van der Waals surface area contributed by atoms with Gasteiger partial charge in [0.1, 0.15) is 5.82 Å². The number of rotatable bonds is 5. The minimum absolute atomic E-state index is 0.159. The van der Waals surface area contributed by atoms with Crippen LogP contribution in [0.15, 0.2) is 47.5 Å². The molecule has 0 saturated carbocycles. The van der Waals surface area contributed by atoms with Gasteiger partial charge in [-0.2, -0.15) is 0 Å². The van der Waals surface area contributed by atoms with Crippen LogP contribution in [-0.4, -0.2) is 30.6 Å². The third-order valence-corrected chi connectivity index (χ3v) is 4.98. The Kier molecular flexibility index (Phi) is 6.87. The molecule has 1 aliphatic heterocycles. The number of carbonyl (C=O) groups is 1. The van der Waals surface area contributed by atoms with Crippen molar-refractivity contribution in [2.24, 2.45) is 4.99 Å². The van der Waals surface area contributed by atoms with Crippen LogP contribution in [0.25, 0.3) is 0 Å². The zero-order valence-corrected chi connectivity index (χ0v) is 17.4. The summed E-state index contributed by atoms with van der Waals surface area (Å²) in [5.74, 6) is -0.736. The topological polar surface area (TPSA) is 59.9 Å². The maximum absolute atomic E-state index is 14.7. The Morgan fingerprint density at radius 2 is 2.00 bits per heavy atom. The molecule has 2 aromatic carbocycles. The highest BCUT2D eigenvalue weighted by molar-refractivity contribution is 6.30. The fourth-order valence-corrected chi connectivity index (χ4v) is 3.29. The van der Waals surface area contributed by atoms with Gasteiger partial charge in [-0.25, -0.2) is 14.2 Å². The summed E-state index contributed by atoms with van der Waals surface area (Å²) in [6.45, 7) is 5.80. The van der Waals surface area contributed by atoms with Crippen molar-refractivity contribution in [3.8, 4) is 0 Å². The molecule has 1 aliphatic rings. The van der Waals surface area contributed by atoms with Crippen molar-refractivity contribution < 1.29 is 18.7 Å². The third-order valence-electron chi connectivity index (χ3n) is 4.75. The Bertz CT molecular complexity index is 919. The van der Waals surface area contributed by atoms with E-state index in [1.165, 1.54) is 6.07 Å². The highest BCUT2D eigenvalue weighted by Gasteiger charge is 2.36. The number of hydrogen-bond acceptors (Lipinski definition) is 5. The Hall–Kier alpha value is -2.44. The van der Waals surface area contributed by atoms with Crippen molar-refractivity contribution in [1.29, 1.82) is 0 Å². The van der Waals surface area contributed by atoms with Crippen molar-refractivity contribution in [2.45, 2.75) is 45.4 Å². The molecule has 0 aliphatic carbocycles. The lowest BCUT2D eigenvalue weighted by atomic mass is 9.96. The van der Waals surface area contributed by atoms with E-state index in [4.69, 9.17) is 21.1 Å². The molecule has 0 aromatic heterocycles. The van der Waals surface area contributed by atoms with Crippen molar-refractivity contribution in [1.82, 2.24) is 5.32 Å². The predicted molar refractivity (Wildman–Crippen MR) is 111 cm³/mol. The Balaban J connectivity index is 2.15. The molecule has 3 rings (SSSR count). The number of nitrogens with zero attached hydrogens (tertiary/aromatic N) is 1. The van der Waals surface area contributed by atoms with E-state index in [0.717, 1.165) is 6.42 Å². The molecule has 0 bridgehead atoms. The molecule has 0 saturated heterocycles. The summed E-state index contributed by atoms with van der Waals surface area (Å²) in [5, 5.41) is 3.68. The Morgan fingerprint density at radius 1 is 1.24 bits per heavy atom. The fraction of sp³-hybridized carbons (Fsp3) is 0.364. The van der Waals surface area contributed by atoms with Gasteiger partial charge in [-0.05, 0) is 44.5 Å². The van der Waals surface area contributed by atoms with Gasteiger partial charge in [0.15, 0.2) is 6.04 Å². The van der Waals surface area contributed by atoms with Gasteiger partial charge < -0.3 is 9.47 Å². The number of nitrogens with one attached hydrogen (secondary N) is 1. The Labute approximate surface area is 174 Å².